The van der Waals surface area contributed by atoms with E-state index < -0.39 is 42.3 Å². The van der Waals surface area contributed by atoms with Crippen LogP contribution >= 0.6 is 0 Å². The Kier molecular flexibility index (Phi) is 8.32. The number of nitrogens with one attached hydrogen (secondary N) is 3. The van der Waals surface area contributed by atoms with Gasteiger partial charge in [-0.3, -0.25) is 10.1 Å². The number of halogens is 3. The first kappa shape index (κ1) is 28.8. The number of hydrogen-bond acceptors (Lipinski definition) is 9. The number of urea groups is 1. The number of ether oxygens (including phenoxy) is 1. The third-order valence-corrected chi connectivity index (χ3v) is 5.67. The highest BCUT2D eigenvalue weighted by Crippen LogP contribution is 2.33. The summed E-state index contributed by atoms with van der Waals surface area (Å²) >= 11 is 0. The van der Waals surface area contributed by atoms with E-state index in [1.165, 1.54) is 29.2 Å². The Morgan fingerprint density at radius 1 is 1.12 bits per heavy atom. The number of nitrogens with two attached hydrogens (primary N) is 1. The number of nitrogens with zero attached hydrogens (tertiary/aromatic N) is 4. The van der Waals surface area contributed by atoms with Gasteiger partial charge < -0.3 is 26.2 Å². The number of amides is 3. The Bertz CT molecular complexity index is 1590. The van der Waals surface area contributed by atoms with Crippen molar-refractivity contribution < 1.29 is 37.4 Å². The van der Waals surface area contributed by atoms with Crippen LogP contribution in [0.15, 0.2) is 55.1 Å². The summed E-state index contributed by atoms with van der Waals surface area (Å²) in [6.45, 7) is 0.930. The van der Waals surface area contributed by atoms with Crippen molar-refractivity contribution >= 4 is 40.7 Å². The van der Waals surface area contributed by atoms with Gasteiger partial charge in [0.1, 0.15) is 17.7 Å². The standard InChI is InChI=1S/C25H23F3N8O5/c1-2-41-23(39)17(11-37)34-22(38)16-10-36-20(21(29)31-12-32-36)19(16)13-3-5-15(6-4-13)33-24(40)35-18-9-14(7-8-30-18)25(26,27)28/h3-10,12,17,37H,2,11H2,1H3,(H,34,38)(H2,29,31,32)(H2,30,33,35,40). The van der Waals surface area contributed by atoms with Gasteiger partial charge in [0.05, 0.1) is 24.3 Å². The Balaban J connectivity index is 1.59. The van der Waals surface area contributed by atoms with Gasteiger partial charge in [-0.2, -0.15) is 18.3 Å². The Morgan fingerprint density at radius 3 is 2.51 bits per heavy atom. The van der Waals surface area contributed by atoms with Gasteiger partial charge in [-0.05, 0) is 36.8 Å². The van der Waals surface area contributed by atoms with E-state index in [1.807, 2.05) is 0 Å². The molecule has 16 heteroatoms. The van der Waals surface area contributed by atoms with E-state index in [0.717, 1.165) is 12.3 Å². The Morgan fingerprint density at radius 2 is 1.85 bits per heavy atom. The Labute approximate surface area is 229 Å². The molecule has 1 unspecified atom stereocenters. The van der Waals surface area contributed by atoms with Crippen LogP contribution in [-0.4, -0.2) is 61.9 Å². The quantitative estimate of drug-likeness (QED) is 0.198. The molecule has 3 amide bonds. The summed E-state index contributed by atoms with van der Waals surface area (Å²) in [7, 11) is 0. The van der Waals surface area contributed by atoms with Crippen LogP contribution in [0.1, 0.15) is 22.8 Å². The molecule has 0 aliphatic carbocycles. The van der Waals surface area contributed by atoms with Crippen molar-refractivity contribution in [1.82, 2.24) is 24.9 Å². The molecule has 41 heavy (non-hydrogen) atoms. The highest BCUT2D eigenvalue weighted by Gasteiger charge is 2.31. The van der Waals surface area contributed by atoms with Crippen LogP contribution in [0.4, 0.5) is 35.3 Å². The summed E-state index contributed by atoms with van der Waals surface area (Å²) in [5.41, 5.74) is 6.44. The summed E-state index contributed by atoms with van der Waals surface area (Å²) in [6, 6.07) is 5.37. The van der Waals surface area contributed by atoms with Gasteiger partial charge in [-0.25, -0.2) is 24.1 Å². The second-order valence-corrected chi connectivity index (χ2v) is 8.40. The van der Waals surface area contributed by atoms with E-state index in [-0.39, 0.29) is 35.0 Å². The minimum atomic E-state index is -4.60. The van der Waals surface area contributed by atoms with Gasteiger partial charge in [0.15, 0.2) is 11.9 Å². The first-order valence-electron chi connectivity index (χ1n) is 11.9. The number of aliphatic hydroxyl groups is 1. The van der Waals surface area contributed by atoms with Crippen LogP contribution in [0.2, 0.25) is 0 Å². The van der Waals surface area contributed by atoms with Crippen LogP contribution < -0.4 is 21.7 Å². The van der Waals surface area contributed by atoms with E-state index in [2.05, 4.69) is 31.0 Å². The normalized spacial score (nSPS) is 12.0. The zero-order valence-corrected chi connectivity index (χ0v) is 21.3. The highest BCUT2D eigenvalue weighted by atomic mass is 19.4. The predicted molar refractivity (Wildman–Crippen MR) is 140 cm³/mol. The van der Waals surface area contributed by atoms with Crippen LogP contribution in [0, 0.1) is 0 Å². The van der Waals surface area contributed by atoms with Crippen LogP contribution in [0.25, 0.3) is 16.6 Å². The summed E-state index contributed by atoms with van der Waals surface area (Å²) < 4.78 is 45.0. The molecule has 0 bridgehead atoms. The number of benzene rings is 1. The number of rotatable bonds is 8. The van der Waals surface area contributed by atoms with Crippen molar-refractivity contribution in [3.8, 4) is 11.1 Å². The topological polar surface area (TPSA) is 186 Å². The molecule has 214 valence electrons. The Hall–Kier alpha value is -5.25. The maximum Gasteiger partial charge on any atom is 0.416 e. The fourth-order valence-corrected chi connectivity index (χ4v) is 3.83. The highest BCUT2D eigenvalue weighted by molar-refractivity contribution is 6.08. The van der Waals surface area contributed by atoms with Crippen molar-refractivity contribution in [3.05, 3.63) is 66.2 Å². The number of anilines is 3. The fraction of sp³-hybridized carbons (Fsp3) is 0.200. The smallest absolute Gasteiger partial charge is 0.416 e. The van der Waals surface area contributed by atoms with E-state index in [9.17, 15) is 32.7 Å². The fourth-order valence-electron chi connectivity index (χ4n) is 3.83. The van der Waals surface area contributed by atoms with E-state index >= 15 is 0 Å². The number of aliphatic hydroxyl groups excluding tert-OH is 1. The molecular weight excluding hydrogens is 549 g/mol. The number of pyridine rings is 1. The number of aromatic nitrogens is 4. The molecule has 0 saturated heterocycles. The molecule has 6 N–H and O–H groups in total. The van der Waals surface area contributed by atoms with E-state index in [1.54, 1.807) is 19.1 Å². The lowest BCUT2D eigenvalue weighted by Gasteiger charge is -2.15. The summed E-state index contributed by atoms with van der Waals surface area (Å²) in [4.78, 5) is 45.3. The summed E-state index contributed by atoms with van der Waals surface area (Å²) in [6.07, 6.45) is -1.11. The molecular formula is C25H23F3N8O5. The minimum Gasteiger partial charge on any atom is -0.464 e. The maximum atomic E-state index is 13.2. The zero-order valence-electron chi connectivity index (χ0n) is 21.3. The molecule has 0 saturated carbocycles. The molecule has 0 aliphatic heterocycles. The molecule has 3 heterocycles. The van der Waals surface area contributed by atoms with Crippen LogP contribution in [0.3, 0.4) is 0 Å². The van der Waals surface area contributed by atoms with Crippen LogP contribution in [-0.2, 0) is 15.7 Å². The number of alkyl halides is 3. The first-order chi connectivity index (χ1) is 19.5. The number of esters is 1. The van der Waals surface area contributed by atoms with E-state index in [4.69, 9.17) is 10.5 Å². The van der Waals surface area contributed by atoms with Crippen molar-refractivity contribution in [3.63, 3.8) is 0 Å². The molecule has 1 atom stereocenters. The average Bonchev–Trinajstić information content (AvgIpc) is 3.33. The monoisotopic (exact) mass is 572 g/mol. The zero-order chi connectivity index (χ0) is 29.7. The molecule has 0 aliphatic rings. The van der Waals surface area contributed by atoms with Gasteiger partial charge in [0.25, 0.3) is 5.91 Å². The van der Waals surface area contributed by atoms with Crippen molar-refractivity contribution in [2.45, 2.75) is 19.1 Å². The van der Waals surface area contributed by atoms with Crippen molar-refractivity contribution in [2.75, 3.05) is 29.6 Å². The third kappa shape index (κ3) is 6.50. The SMILES string of the molecule is CCOC(=O)C(CO)NC(=O)c1cn2ncnc(N)c2c1-c1ccc(NC(=O)Nc2cc(C(F)(F)F)ccn2)cc1. The van der Waals surface area contributed by atoms with Gasteiger partial charge in [0.2, 0.25) is 0 Å². The largest absolute Gasteiger partial charge is 0.464 e. The molecule has 0 spiro atoms. The molecule has 4 rings (SSSR count). The molecule has 0 radical (unpaired) electrons. The van der Waals surface area contributed by atoms with Crippen molar-refractivity contribution in [2.24, 2.45) is 0 Å². The van der Waals surface area contributed by atoms with Gasteiger partial charge in [0, 0.05) is 23.6 Å². The lowest BCUT2D eigenvalue weighted by molar-refractivity contribution is -0.146. The van der Waals surface area contributed by atoms with Crippen LogP contribution in [0.5, 0.6) is 0 Å². The van der Waals surface area contributed by atoms with Gasteiger partial charge in [-0.15, -0.1) is 0 Å². The maximum absolute atomic E-state index is 13.2. The van der Waals surface area contributed by atoms with Gasteiger partial charge in [-0.1, -0.05) is 12.1 Å². The molecule has 13 nitrogen and oxygen atoms in total. The average molecular weight is 573 g/mol. The van der Waals surface area contributed by atoms with Crippen molar-refractivity contribution in [1.29, 1.82) is 0 Å². The third-order valence-electron chi connectivity index (χ3n) is 5.67. The number of nitrogen functional groups attached to an aromatic ring is 1. The number of carbonyl (C=O) groups excluding carboxylic acids is 3. The minimum absolute atomic E-state index is 0.0492. The summed E-state index contributed by atoms with van der Waals surface area (Å²) in [5, 5.41) is 20.8. The molecule has 1 aromatic carbocycles. The first-order valence-corrected chi connectivity index (χ1v) is 11.9. The second-order valence-electron chi connectivity index (χ2n) is 8.40. The lowest BCUT2D eigenvalue weighted by atomic mass is 10.0. The second kappa shape index (κ2) is 11.9. The summed E-state index contributed by atoms with van der Waals surface area (Å²) in [5.74, 6) is -1.80. The lowest BCUT2D eigenvalue weighted by Crippen LogP contribution is -2.44. The number of carbonyl (C=O) groups is 3. The van der Waals surface area contributed by atoms with E-state index in [0.29, 0.717) is 17.2 Å². The number of fused-ring (bicyclic) bond motifs is 1. The molecule has 3 aromatic heterocycles. The number of hydrogen-bond donors (Lipinski definition) is 5. The van der Waals surface area contributed by atoms with Gasteiger partial charge >= 0.3 is 18.2 Å². The molecule has 0 fully saturated rings. The predicted octanol–water partition coefficient (Wildman–Crippen LogP) is 2.69. The molecule has 4 aromatic rings.